The zero-order chi connectivity index (χ0) is 105. The van der Waals surface area contributed by atoms with E-state index in [0.29, 0.717) is 53.6 Å². The summed E-state index contributed by atoms with van der Waals surface area (Å²) in [5.74, 6) is -33.8. The van der Waals surface area contributed by atoms with Gasteiger partial charge in [-0.2, -0.15) is 70.2 Å². The number of halogens is 16. The lowest BCUT2D eigenvalue weighted by Gasteiger charge is -2.40. The minimum absolute atomic E-state index is 0.0335. The minimum Gasteiger partial charge on any atom is -0.743 e. The number of benzene rings is 9. The van der Waals surface area contributed by atoms with Gasteiger partial charge in [0.2, 0.25) is 0 Å². The van der Waals surface area contributed by atoms with E-state index in [-0.39, 0.29) is 44.1 Å². The van der Waals surface area contributed by atoms with Crippen LogP contribution in [0.4, 0.5) is 70.2 Å². The molecular weight excluding hydrogens is 2010 g/mol. The highest BCUT2D eigenvalue weighted by molar-refractivity contribution is 7.97. The van der Waals surface area contributed by atoms with Gasteiger partial charge in [0.15, 0.2) is 110 Å². The minimum atomic E-state index is -6.13. The van der Waals surface area contributed by atoms with E-state index in [0.717, 1.165) is 67.4 Å². The summed E-state index contributed by atoms with van der Waals surface area (Å²) in [4.78, 5) is 44.6. The van der Waals surface area contributed by atoms with E-state index in [2.05, 4.69) is 59.2 Å². The smallest absolute Gasteiger partial charge is 0.376 e. The molecule has 3 saturated heterocycles. The van der Waals surface area contributed by atoms with E-state index in [1.165, 1.54) is 97.4 Å². The van der Waals surface area contributed by atoms with Crippen molar-refractivity contribution < 1.29 is 166 Å². The molecule has 3 heterocycles. The first-order valence-electron chi connectivity index (χ1n) is 43.3. The molecule has 3 aliphatic rings. The molecular formula is C98H102F16O21S6. The van der Waals surface area contributed by atoms with Crippen LogP contribution in [0.2, 0.25) is 0 Å². The molecule has 3 fully saturated rings. The highest BCUT2D eigenvalue weighted by Gasteiger charge is 2.73. The molecule has 6 atom stereocenters. The second kappa shape index (κ2) is 42.5. The summed E-state index contributed by atoms with van der Waals surface area (Å²) in [5.41, 5.74) is 3.42. The number of alkyl halides is 16. The Hall–Kier alpha value is -9.19. The van der Waals surface area contributed by atoms with Gasteiger partial charge in [-0.15, -0.1) is 0 Å². The summed E-state index contributed by atoms with van der Waals surface area (Å²) in [7, 11) is -20.7. The molecule has 0 aromatic heterocycles. The Morgan fingerprint density at radius 2 is 0.475 bits per heavy atom. The summed E-state index contributed by atoms with van der Waals surface area (Å²) in [6.45, 7) is 18.6. The molecule has 12 rings (SSSR count). The molecule has 0 aliphatic carbocycles. The van der Waals surface area contributed by atoms with Crippen LogP contribution in [-0.4, -0.2) is 160 Å². The molecule has 768 valence electrons. The van der Waals surface area contributed by atoms with E-state index in [4.69, 9.17) is 28.4 Å². The van der Waals surface area contributed by atoms with Crippen molar-refractivity contribution in [2.24, 2.45) is 0 Å². The zero-order valence-corrected chi connectivity index (χ0v) is 83.3. The molecule has 6 unspecified atom stereocenters. The highest BCUT2D eigenvalue weighted by atomic mass is 32.2. The van der Waals surface area contributed by atoms with E-state index >= 15 is 0 Å². The van der Waals surface area contributed by atoms with Crippen LogP contribution in [0.15, 0.2) is 262 Å². The van der Waals surface area contributed by atoms with Crippen LogP contribution < -0.4 is 0 Å². The number of ether oxygens (including phenoxy) is 9. The van der Waals surface area contributed by atoms with Crippen LogP contribution in [0, 0.1) is 0 Å². The SMILES string of the molecule is CC(OC(=O)c1ccc([S+](c2ccc(C(C)(C)C)cc2)c2ccc(C3(C)OCC(F)(F)C(F)(F)C(F)(F)CO3)cc2)cc1)C(F)(F)S(=O)(=O)[O-].CC(OC(=O)c1ccc([S+](c2ccc(C(C)(C)C)cc2)c2ccc(C3(C)OCC(F)(F)C(F)(F)CO3)cc2)cc1)C(F)(F)S(=O)(=O)[O-].CC(OC(=O)c1ccc([S+](c2ccc(C(C)(C)C)cc2)c2ccc(C3(C)OCCCCCO3)cc2)cc1)C(F)(F)S(=O)(=O)[O-]. The second-order valence-electron chi connectivity index (χ2n) is 36.7. The summed E-state index contributed by atoms with van der Waals surface area (Å²) in [6, 6.07) is 61.1. The largest absolute Gasteiger partial charge is 0.743 e. The fraction of sp³-hybridized carbons (Fsp3) is 0.418. The third-order valence-electron chi connectivity index (χ3n) is 23.1. The van der Waals surface area contributed by atoms with Gasteiger partial charge in [0, 0.05) is 16.7 Å². The Balaban J connectivity index is 0.000000218. The summed E-state index contributed by atoms with van der Waals surface area (Å²) in [6.07, 6.45) is -4.57. The maximum Gasteiger partial charge on any atom is 0.376 e. The highest BCUT2D eigenvalue weighted by Crippen LogP contribution is 2.51. The Morgan fingerprint density at radius 3 is 0.667 bits per heavy atom. The number of hydrogen-bond acceptors (Lipinski definition) is 21. The summed E-state index contributed by atoms with van der Waals surface area (Å²) < 4.78 is 368. The number of carbonyl (C=O) groups excluding carboxylic acids is 3. The molecule has 21 nitrogen and oxygen atoms in total. The predicted octanol–water partition coefficient (Wildman–Crippen LogP) is 22.3. The van der Waals surface area contributed by atoms with Crippen LogP contribution in [0.25, 0.3) is 0 Å². The van der Waals surface area contributed by atoms with Crippen LogP contribution in [-0.2, 0) is 139 Å². The molecule has 0 bridgehead atoms. The van der Waals surface area contributed by atoms with Crippen molar-refractivity contribution >= 4 is 80.9 Å². The maximum absolute atomic E-state index is 14.2. The van der Waals surface area contributed by atoms with Gasteiger partial charge in [-0.1, -0.05) is 98.7 Å². The van der Waals surface area contributed by atoms with Gasteiger partial charge < -0.3 is 56.3 Å². The third kappa shape index (κ3) is 26.0. The summed E-state index contributed by atoms with van der Waals surface area (Å²) >= 11 is 0. The zero-order valence-electron chi connectivity index (χ0n) is 78.5. The molecule has 9 aromatic carbocycles. The standard InChI is InChI=1S/C33H32F8O7S2.C33H38F2O7S2.C32H32F6O7S2/c1-20(32(38,39)50(43,44)45)48-27(42)21-6-12-24(13-7-21)49(25-14-8-22(9-15-25)28(2,3)4)26-16-10-23(11-17-26)29(5)46-18-30(34,35)33(40,41)31(36,37)19-47-29;1-23(33(34,35)44(37,38)39)42-30(36)24-9-15-27(16-10-24)43(28-17-11-25(12-18-28)31(2,3)4)29-19-13-26(14-20-29)32(5)40-21-7-6-8-22-41-32;1-20(32(37,38)47(40,41)42)45-27(39)21-6-12-24(13-7-21)46(25-14-8-22(9-15-25)28(2,3)4)26-16-10-23(11-17-26)29(5)43-18-30(33,34)31(35,36)19-44-29/h6-17,20H,18-19H2,1-5H3;9-20,23H,6-8,21-22H2,1-5H3;6-17,20H,18-19H2,1-5H3. The molecule has 9 aromatic rings. The van der Waals surface area contributed by atoms with Crippen molar-refractivity contribution in [3.8, 4) is 0 Å². The van der Waals surface area contributed by atoms with Gasteiger partial charge in [0.25, 0.3) is 0 Å². The van der Waals surface area contributed by atoms with Crippen molar-refractivity contribution in [1.29, 1.82) is 0 Å². The number of hydrogen-bond donors (Lipinski definition) is 0. The average molecular weight is 2110 g/mol. The average Bonchev–Trinajstić information content (AvgIpc) is 1.13. The Kier molecular flexibility index (Phi) is 34.3. The van der Waals surface area contributed by atoms with Gasteiger partial charge in [-0.3, -0.25) is 0 Å². The number of rotatable bonds is 24. The van der Waals surface area contributed by atoms with Gasteiger partial charge in [0.1, 0.15) is 26.4 Å². The molecule has 3 aliphatic heterocycles. The lowest BCUT2D eigenvalue weighted by Crippen LogP contribution is -2.61. The van der Waals surface area contributed by atoms with Crippen molar-refractivity contribution in [3.05, 3.63) is 268 Å². The van der Waals surface area contributed by atoms with Crippen molar-refractivity contribution in [1.82, 2.24) is 0 Å². The first-order chi connectivity index (χ1) is 64.7. The maximum atomic E-state index is 14.2. The Morgan fingerprint density at radius 1 is 0.298 bits per heavy atom. The van der Waals surface area contributed by atoms with Crippen molar-refractivity contribution in [2.75, 3.05) is 39.6 Å². The molecule has 0 spiro atoms. The molecule has 0 N–H and O–H groups in total. The van der Waals surface area contributed by atoms with Crippen molar-refractivity contribution in [2.45, 2.75) is 264 Å². The first kappa shape index (κ1) is 114. The lowest BCUT2D eigenvalue weighted by atomic mass is 9.87. The van der Waals surface area contributed by atoms with Gasteiger partial charge in [-0.25, -0.2) is 39.6 Å². The van der Waals surface area contributed by atoms with Crippen LogP contribution in [0.1, 0.15) is 188 Å². The van der Waals surface area contributed by atoms with Crippen molar-refractivity contribution in [3.63, 3.8) is 0 Å². The molecule has 0 amide bonds. The molecule has 43 heteroatoms. The number of carbonyl (C=O) groups is 3. The van der Waals surface area contributed by atoms with Crippen LogP contribution in [0.3, 0.4) is 0 Å². The van der Waals surface area contributed by atoms with E-state index in [9.17, 15) is 124 Å². The van der Waals surface area contributed by atoms with Crippen LogP contribution >= 0.6 is 0 Å². The number of esters is 3. The topological polar surface area (TPSA) is 306 Å². The van der Waals surface area contributed by atoms with Gasteiger partial charge in [-0.05, 0) is 276 Å². The Labute approximate surface area is 814 Å². The van der Waals surface area contributed by atoms with Crippen LogP contribution in [0.5, 0.6) is 0 Å². The second-order valence-corrected chi connectivity index (χ2v) is 47.2. The molecule has 141 heavy (non-hydrogen) atoms. The van der Waals surface area contributed by atoms with Gasteiger partial charge >= 0.3 is 63.3 Å². The van der Waals surface area contributed by atoms with E-state index in [1.54, 1.807) is 36.4 Å². The predicted molar refractivity (Wildman–Crippen MR) is 485 cm³/mol. The Bertz CT molecular complexity index is 6170. The fourth-order valence-electron chi connectivity index (χ4n) is 14.0. The van der Waals surface area contributed by atoms with E-state index in [1.807, 2.05) is 121 Å². The quantitative estimate of drug-likeness (QED) is 0.0178. The summed E-state index contributed by atoms with van der Waals surface area (Å²) in [5, 5.41) is -14.5. The molecule has 0 saturated carbocycles. The third-order valence-corrected chi connectivity index (χ3v) is 32.8. The fourth-order valence-corrected chi connectivity index (χ4v) is 21.5. The normalized spacial score (nSPS) is 19.1. The van der Waals surface area contributed by atoms with E-state index < -0.39 is 188 Å². The molecule has 0 radical (unpaired) electrons. The lowest BCUT2D eigenvalue weighted by molar-refractivity contribution is -0.387. The first-order valence-corrected chi connectivity index (χ1v) is 51.2. The monoisotopic (exact) mass is 2110 g/mol. The van der Waals surface area contributed by atoms with Gasteiger partial charge in [0.05, 0.1) is 62.6 Å².